The minimum Gasteiger partial charge on any atom is -0.396 e. The van der Waals surface area contributed by atoms with Crippen molar-refractivity contribution in [1.82, 2.24) is 19.6 Å². The highest BCUT2D eigenvalue weighted by atomic mass is 16.3. The van der Waals surface area contributed by atoms with Gasteiger partial charge in [0.05, 0.1) is 29.7 Å². The smallest absolute Gasteiger partial charge is 0.0862 e. The summed E-state index contributed by atoms with van der Waals surface area (Å²) in [6.07, 6.45) is -0.426. The Hall–Kier alpha value is -1.11. The van der Waals surface area contributed by atoms with Crippen LogP contribution in [-0.2, 0) is 6.54 Å². The van der Waals surface area contributed by atoms with E-state index in [1.807, 2.05) is 18.5 Å². The highest BCUT2D eigenvalue weighted by molar-refractivity contribution is 5.46. The molecule has 0 spiro atoms. The number of aryl methyl sites for hydroxylation is 1. The van der Waals surface area contributed by atoms with Crippen molar-refractivity contribution < 1.29 is 5.11 Å². The Bertz CT molecular complexity index is 475. The molecule has 0 saturated carbocycles. The zero-order valence-corrected chi connectivity index (χ0v) is 13.9. The van der Waals surface area contributed by atoms with Crippen molar-refractivity contribution in [3.63, 3.8) is 0 Å². The Morgan fingerprint density at radius 2 is 1.81 bits per heavy atom. The first kappa shape index (κ1) is 16.3. The van der Waals surface area contributed by atoms with E-state index in [1.54, 1.807) is 0 Å². The van der Waals surface area contributed by atoms with E-state index in [0.29, 0.717) is 25.2 Å². The maximum absolute atomic E-state index is 10.4. The van der Waals surface area contributed by atoms with Crippen LogP contribution in [0.4, 0.5) is 5.69 Å². The van der Waals surface area contributed by atoms with Gasteiger partial charge in [-0.1, -0.05) is 0 Å². The number of likely N-dealkylation sites (N-methyl/N-ethyl adjacent to an activating group) is 1. The number of hydrogen-bond acceptors (Lipinski definition) is 5. The van der Waals surface area contributed by atoms with E-state index in [9.17, 15) is 5.11 Å². The number of nitrogens with two attached hydrogens (primary N) is 1. The Morgan fingerprint density at radius 1 is 1.24 bits per heavy atom. The van der Waals surface area contributed by atoms with E-state index in [1.165, 1.54) is 0 Å². The number of β-amino-alcohol motifs (C(OH)–C–C–N with tert-alkyl or cyclic N) is 1. The van der Waals surface area contributed by atoms with Gasteiger partial charge in [-0.25, -0.2) is 0 Å². The summed E-state index contributed by atoms with van der Waals surface area (Å²) < 4.78 is 1.82. The molecule has 120 valence electrons. The van der Waals surface area contributed by atoms with Crippen molar-refractivity contribution in [2.75, 3.05) is 32.4 Å². The molecule has 21 heavy (non-hydrogen) atoms. The highest BCUT2D eigenvalue weighted by Crippen LogP contribution is 2.16. The molecule has 3 N–H and O–H groups in total. The van der Waals surface area contributed by atoms with E-state index < -0.39 is 6.10 Å². The number of aromatic nitrogens is 2. The fourth-order valence-electron chi connectivity index (χ4n) is 3.11. The number of nitrogen functional groups attached to an aromatic ring is 1. The molecule has 3 atom stereocenters. The van der Waals surface area contributed by atoms with Crippen LogP contribution in [0.5, 0.6) is 0 Å². The van der Waals surface area contributed by atoms with Crippen LogP contribution in [0, 0.1) is 13.8 Å². The second kappa shape index (κ2) is 6.34. The van der Waals surface area contributed by atoms with Gasteiger partial charge in [0.2, 0.25) is 0 Å². The van der Waals surface area contributed by atoms with Crippen LogP contribution >= 0.6 is 0 Å². The number of anilines is 1. The molecule has 1 aliphatic rings. The average Bonchev–Trinajstić information content (AvgIpc) is 2.63. The number of piperazine rings is 1. The minimum absolute atomic E-state index is 0.426. The van der Waals surface area contributed by atoms with Gasteiger partial charge in [0.1, 0.15) is 0 Å². The zero-order valence-electron chi connectivity index (χ0n) is 13.9. The van der Waals surface area contributed by atoms with E-state index in [4.69, 9.17) is 5.73 Å². The summed E-state index contributed by atoms with van der Waals surface area (Å²) in [6, 6.07) is 1.04. The van der Waals surface area contributed by atoms with Gasteiger partial charge in [0.15, 0.2) is 0 Å². The van der Waals surface area contributed by atoms with Gasteiger partial charge < -0.3 is 10.8 Å². The van der Waals surface area contributed by atoms with Crippen LogP contribution in [-0.4, -0.2) is 69.6 Å². The molecule has 3 unspecified atom stereocenters. The van der Waals surface area contributed by atoms with Crippen molar-refractivity contribution in [2.24, 2.45) is 0 Å². The third kappa shape index (κ3) is 3.56. The Morgan fingerprint density at radius 3 is 2.29 bits per heavy atom. The maximum Gasteiger partial charge on any atom is 0.0862 e. The van der Waals surface area contributed by atoms with Crippen molar-refractivity contribution in [2.45, 2.75) is 52.4 Å². The van der Waals surface area contributed by atoms with Gasteiger partial charge >= 0.3 is 0 Å². The first-order chi connectivity index (χ1) is 9.79. The van der Waals surface area contributed by atoms with E-state index in [-0.39, 0.29) is 0 Å². The van der Waals surface area contributed by atoms with Gasteiger partial charge in [-0.2, -0.15) is 5.10 Å². The zero-order chi connectivity index (χ0) is 15.7. The molecule has 1 saturated heterocycles. The second-order valence-corrected chi connectivity index (χ2v) is 6.50. The predicted octanol–water partition coefficient (Wildman–Crippen LogP) is 0.467. The third-order valence-corrected chi connectivity index (χ3v) is 4.73. The van der Waals surface area contributed by atoms with Gasteiger partial charge in [0.25, 0.3) is 0 Å². The molecule has 0 radical (unpaired) electrons. The Kier molecular flexibility index (Phi) is 4.91. The SMILES string of the molecule is Cc1nn(CC(O)CN2CC(C)N(C)C(C)C2)c(C)c1N. The van der Waals surface area contributed by atoms with Crippen LogP contribution in [0.15, 0.2) is 0 Å². The molecule has 1 aromatic rings. The van der Waals surface area contributed by atoms with E-state index in [0.717, 1.165) is 30.2 Å². The highest BCUT2D eigenvalue weighted by Gasteiger charge is 2.27. The largest absolute Gasteiger partial charge is 0.396 e. The fraction of sp³-hybridized carbons (Fsp3) is 0.800. The third-order valence-electron chi connectivity index (χ3n) is 4.73. The lowest BCUT2D eigenvalue weighted by Gasteiger charge is -2.43. The van der Waals surface area contributed by atoms with Gasteiger partial charge in [-0.05, 0) is 34.7 Å². The van der Waals surface area contributed by atoms with Crippen LogP contribution < -0.4 is 5.73 Å². The summed E-state index contributed by atoms with van der Waals surface area (Å²) >= 11 is 0. The summed E-state index contributed by atoms with van der Waals surface area (Å²) in [5.74, 6) is 0. The normalized spacial score (nSPS) is 26.2. The van der Waals surface area contributed by atoms with Crippen molar-refractivity contribution in [3.05, 3.63) is 11.4 Å². The lowest BCUT2D eigenvalue weighted by atomic mass is 10.1. The minimum atomic E-state index is -0.426. The number of aliphatic hydroxyl groups is 1. The van der Waals surface area contributed by atoms with E-state index in [2.05, 4.69) is 35.8 Å². The summed E-state index contributed by atoms with van der Waals surface area (Å²) in [5, 5.41) is 14.8. The lowest BCUT2D eigenvalue weighted by molar-refractivity contribution is 0.0232. The summed E-state index contributed by atoms with van der Waals surface area (Å²) in [5.41, 5.74) is 8.43. The van der Waals surface area contributed by atoms with Crippen molar-refractivity contribution in [3.8, 4) is 0 Å². The van der Waals surface area contributed by atoms with Crippen LogP contribution in [0.25, 0.3) is 0 Å². The number of aliphatic hydroxyl groups excluding tert-OH is 1. The molecule has 6 heteroatoms. The lowest BCUT2D eigenvalue weighted by Crippen LogP contribution is -2.56. The van der Waals surface area contributed by atoms with Crippen molar-refractivity contribution in [1.29, 1.82) is 0 Å². The summed E-state index contributed by atoms with van der Waals surface area (Å²) in [4.78, 5) is 4.74. The van der Waals surface area contributed by atoms with Crippen LogP contribution in [0.3, 0.4) is 0 Å². The topological polar surface area (TPSA) is 70.5 Å². The molecule has 0 aromatic carbocycles. The second-order valence-electron chi connectivity index (χ2n) is 6.50. The Balaban J connectivity index is 1.92. The van der Waals surface area contributed by atoms with Crippen molar-refractivity contribution >= 4 is 5.69 Å². The van der Waals surface area contributed by atoms with Crippen LogP contribution in [0.1, 0.15) is 25.2 Å². The summed E-state index contributed by atoms with van der Waals surface area (Å²) in [6.45, 7) is 11.5. The molecular formula is C15H29N5O. The maximum atomic E-state index is 10.4. The van der Waals surface area contributed by atoms with Gasteiger partial charge in [-0.3, -0.25) is 14.5 Å². The average molecular weight is 295 g/mol. The number of rotatable bonds is 4. The molecule has 1 aromatic heterocycles. The standard InChI is InChI=1S/C15H29N5O/c1-10-6-19(7-11(2)18(10)5)8-14(21)9-20-13(4)15(16)12(3)17-20/h10-11,14,21H,6-9,16H2,1-5H3. The molecule has 1 aliphatic heterocycles. The van der Waals surface area contributed by atoms with E-state index >= 15 is 0 Å². The first-order valence-electron chi connectivity index (χ1n) is 7.71. The van der Waals surface area contributed by atoms with Gasteiger partial charge in [0, 0.05) is 31.7 Å². The molecular weight excluding hydrogens is 266 g/mol. The Labute approximate surface area is 127 Å². The predicted molar refractivity (Wildman–Crippen MR) is 85.2 cm³/mol. The monoisotopic (exact) mass is 295 g/mol. The quantitative estimate of drug-likeness (QED) is 0.845. The van der Waals surface area contributed by atoms with Gasteiger partial charge in [-0.15, -0.1) is 0 Å². The summed E-state index contributed by atoms with van der Waals surface area (Å²) in [7, 11) is 2.17. The first-order valence-corrected chi connectivity index (χ1v) is 7.71. The molecule has 0 aliphatic carbocycles. The molecule has 0 amide bonds. The molecule has 2 rings (SSSR count). The fourth-order valence-corrected chi connectivity index (χ4v) is 3.11. The molecule has 1 fully saturated rings. The number of nitrogens with zero attached hydrogens (tertiary/aromatic N) is 4. The number of hydrogen-bond donors (Lipinski definition) is 2. The van der Waals surface area contributed by atoms with Crippen LogP contribution in [0.2, 0.25) is 0 Å². The molecule has 6 nitrogen and oxygen atoms in total. The molecule has 0 bridgehead atoms. The molecule has 2 heterocycles.